The molecule has 2 aromatic rings. The van der Waals surface area contributed by atoms with E-state index in [4.69, 9.17) is 0 Å². The van der Waals surface area contributed by atoms with Gasteiger partial charge in [-0.3, -0.25) is 4.79 Å². The number of amides is 1. The zero-order chi connectivity index (χ0) is 14.4. The Bertz CT molecular complexity index is 566. The summed E-state index contributed by atoms with van der Waals surface area (Å²) < 4.78 is 0. The average Bonchev–Trinajstić information content (AvgIpc) is 2.53. The van der Waals surface area contributed by atoms with Gasteiger partial charge in [0.1, 0.15) is 6.29 Å². The van der Waals surface area contributed by atoms with Crippen LogP contribution < -0.4 is 5.32 Å². The standard InChI is InChI=1S/C17H17NO2/c1-13(12-19)16(14-8-4-2-5-9-14)18-17(20)15-10-6-3-7-11-15/h2-13,16H,1H3,(H,18,20)/t13-,16+/m1/s1. The van der Waals surface area contributed by atoms with Gasteiger partial charge in [0.05, 0.1) is 6.04 Å². The third kappa shape index (κ3) is 3.32. The van der Waals surface area contributed by atoms with Crippen LogP contribution in [-0.4, -0.2) is 12.2 Å². The van der Waals surface area contributed by atoms with Crippen LogP contribution >= 0.6 is 0 Å². The van der Waals surface area contributed by atoms with E-state index in [1.165, 1.54) is 0 Å². The van der Waals surface area contributed by atoms with E-state index in [1.807, 2.05) is 48.5 Å². The molecule has 0 unspecified atom stereocenters. The van der Waals surface area contributed by atoms with Crippen LogP contribution in [-0.2, 0) is 4.79 Å². The molecule has 2 rings (SSSR count). The lowest BCUT2D eigenvalue weighted by Crippen LogP contribution is -2.33. The fourth-order valence-electron chi connectivity index (χ4n) is 2.07. The second-order valence-electron chi connectivity index (χ2n) is 4.72. The fourth-order valence-corrected chi connectivity index (χ4v) is 2.07. The summed E-state index contributed by atoms with van der Waals surface area (Å²) in [7, 11) is 0. The zero-order valence-electron chi connectivity index (χ0n) is 11.3. The summed E-state index contributed by atoms with van der Waals surface area (Å²) in [6.07, 6.45) is 0.864. The van der Waals surface area contributed by atoms with Gasteiger partial charge in [0.25, 0.3) is 5.91 Å². The van der Waals surface area contributed by atoms with Crippen LogP contribution in [0.2, 0.25) is 0 Å². The second kappa shape index (κ2) is 6.66. The molecule has 0 heterocycles. The van der Waals surface area contributed by atoms with Crippen molar-refractivity contribution in [3.8, 4) is 0 Å². The predicted molar refractivity (Wildman–Crippen MR) is 78.3 cm³/mol. The average molecular weight is 267 g/mol. The Labute approximate surface area is 118 Å². The molecule has 3 nitrogen and oxygen atoms in total. The van der Waals surface area contributed by atoms with Crippen molar-refractivity contribution in [2.45, 2.75) is 13.0 Å². The first-order chi connectivity index (χ1) is 9.72. The van der Waals surface area contributed by atoms with Gasteiger partial charge >= 0.3 is 0 Å². The lowest BCUT2D eigenvalue weighted by atomic mass is 9.95. The Hall–Kier alpha value is -2.42. The molecule has 1 amide bonds. The number of carbonyl (C=O) groups excluding carboxylic acids is 2. The van der Waals surface area contributed by atoms with Gasteiger partial charge < -0.3 is 10.1 Å². The third-order valence-corrected chi connectivity index (χ3v) is 3.22. The summed E-state index contributed by atoms with van der Waals surface area (Å²) in [5, 5.41) is 2.93. The van der Waals surface area contributed by atoms with Crippen molar-refractivity contribution in [1.82, 2.24) is 5.32 Å². The summed E-state index contributed by atoms with van der Waals surface area (Å²) in [6, 6.07) is 18.2. The van der Waals surface area contributed by atoms with Crippen LogP contribution in [0.4, 0.5) is 0 Å². The summed E-state index contributed by atoms with van der Waals surface area (Å²) >= 11 is 0. The molecule has 2 atom stereocenters. The predicted octanol–water partition coefficient (Wildman–Crippen LogP) is 2.99. The van der Waals surface area contributed by atoms with E-state index < -0.39 is 0 Å². The second-order valence-corrected chi connectivity index (χ2v) is 4.72. The maximum atomic E-state index is 12.2. The van der Waals surface area contributed by atoms with Crippen molar-refractivity contribution >= 4 is 12.2 Å². The number of nitrogens with one attached hydrogen (secondary N) is 1. The van der Waals surface area contributed by atoms with Crippen LogP contribution in [0.5, 0.6) is 0 Å². The SMILES string of the molecule is C[C@H](C=O)[C@H](NC(=O)c1ccccc1)c1ccccc1. The summed E-state index contributed by atoms with van der Waals surface area (Å²) in [4.78, 5) is 23.3. The highest BCUT2D eigenvalue weighted by atomic mass is 16.1. The Morgan fingerprint density at radius 3 is 2.10 bits per heavy atom. The smallest absolute Gasteiger partial charge is 0.251 e. The topological polar surface area (TPSA) is 46.2 Å². The van der Waals surface area contributed by atoms with Gasteiger partial charge in [0.2, 0.25) is 0 Å². The van der Waals surface area contributed by atoms with Gasteiger partial charge in [-0.15, -0.1) is 0 Å². The van der Waals surface area contributed by atoms with Crippen molar-refractivity contribution in [3.63, 3.8) is 0 Å². The first-order valence-corrected chi connectivity index (χ1v) is 6.58. The zero-order valence-corrected chi connectivity index (χ0v) is 11.3. The van der Waals surface area contributed by atoms with Crippen molar-refractivity contribution in [3.05, 3.63) is 71.8 Å². The number of carbonyl (C=O) groups is 2. The van der Waals surface area contributed by atoms with E-state index in [-0.39, 0.29) is 17.9 Å². The molecule has 0 saturated carbocycles. The van der Waals surface area contributed by atoms with E-state index >= 15 is 0 Å². The molecule has 0 aromatic heterocycles. The highest BCUT2D eigenvalue weighted by Gasteiger charge is 2.21. The van der Waals surface area contributed by atoms with Gasteiger partial charge in [-0.25, -0.2) is 0 Å². The molecule has 2 aromatic carbocycles. The molecule has 0 aliphatic carbocycles. The summed E-state index contributed by atoms with van der Waals surface area (Å²) in [5.41, 5.74) is 1.52. The van der Waals surface area contributed by atoms with E-state index in [2.05, 4.69) is 5.32 Å². The van der Waals surface area contributed by atoms with Crippen LogP contribution in [0.15, 0.2) is 60.7 Å². The molecule has 1 N–H and O–H groups in total. The van der Waals surface area contributed by atoms with Crippen molar-refractivity contribution in [1.29, 1.82) is 0 Å². The number of hydrogen-bond acceptors (Lipinski definition) is 2. The Morgan fingerprint density at radius 1 is 1.00 bits per heavy atom. The lowest BCUT2D eigenvalue weighted by Gasteiger charge is -2.22. The number of rotatable bonds is 5. The van der Waals surface area contributed by atoms with E-state index in [0.29, 0.717) is 5.56 Å². The Balaban J connectivity index is 2.21. The van der Waals surface area contributed by atoms with E-state index in [0.717, 1.165) is 11.8 Å². The van der Waals surface area contributed by atoms with Crippen molar-refractivity contribution < 1.29 is 9.59 Å². The minimum atomic E-state index is -0.318. The largest absolute Gasteiger partial charge is 0.345 e. The molecule has 0 aliphatic rings. The number of benzene rings is 2. The lowest BCUT2D eigenvalue weighted by molar-refractivity contribution is -0.111. The molecule has 20 heavy (non-hydrogen) atoms. The van der Waals surface area contributed by atoms with E-state index in [1.54, 1.807) is 19.1 Å². The highest BCUT2D eigenvalue weighted by Crippen LogP contribution is 2.21. The third-order valence-electron chi connectivity index (χ3n) is 3.22. The molecule has 0 fully saturated rings. The highest BCUT2D eigenvalue weighted by molar-refractivity contribution is 5.94. The number of aldehydes is 1. The number of hydrogen-bond donors (Lipinski definition) is 1. The van der Waals surface area contributed by atoms with Gasteiger partial charge in [0, 0.05) is 11.5 Å². The molecular formula is C17H17NO2. The monoisotopic (exact) mass is 267 g/mol. The molecule has 102 valence electrons. The van der Waals surface area contributed by atoms with Crippen molar-refractivity contribution in [2.24, 2.45) is 5.92 Å². The molecular weight excluding hydrogens is 250 g/mol. The molecule has 0 aliphatic heterocycles. The van der Waals surface area contributed by atoms with Crippen molar-refractivity contribution in [2.75, 3.05) is 0 Å². The molecule has 0 bridgehead atoms. The quantitative estimate of drug-likeness (QED) is 0.846. The van der Waals surface area contributed by atoms with Crippen LogP contribution in [0.25, 0.3) is 0 Å². The van der Waals surface area contributed by atoms with Gasteiger partial charge in [-0.1, -0.05) is 55.5 Å². The summed E-state index contributed by atoms with van der Waals surface area (Å²) in [5.74, 6) is -0.460. The maximum absolute atomic E-state index is 12.2. The van der Waals surface area contributed by atoms with Crippen LogP contribution in [0, 0.1) is 5.92 Å². The van der Waals surface area contributed by atoms with Gasteiger partial charge in [0.15, 0.2) is 0 Å². The minimum Gasteiger partial charge on any atom is -0.345 e. The maximum Gasteiger partial charge on any atom is 0.251 e. The minimum absolute atomic E-state index is 0.173. The Morgan fingerprint density at radius 2 is 1.55 bits per heavy atom. The Kier molecular flexibility index (Phi) is 4.66. The molecule has 0 radical (unpaired) electrons. The molecule has 0 saturated heterocycles. The van der Waals surface area contributed by atoms with Gasteiger partial charge in [-0.2, -0.15) is 0 Å². The van der Waals surface area contributed by atoms with E-state index in [9.17, 15) is 9.59 Å². The first kappa shape index (κ1) is 14.0. The normalized spacial score (nSPS) is 13.2. The van der Waals surface area contributed by atoms with Crippen LogP contribution in [0.1, 0.15) is 28.9 Å². The van der Waals surface area contributed by atoms with Crippen LogP contribution in [0.3, 0.4) is 0 Å². The fraction of sp³-hybridized carbons (Fsp3) is 0.176. The molecule has 3 heteroatoms. The molecule has 0 spiro atoms. The van der Waals surface area contributed by atoms with Gasteiger partial charge in [-0.05, 0) is 17.7 Å². The summed E-state index contributed by atoms with van der Waals surface area (Å²) in [6.45, 7) is 1.80. The first-order valence-electron chi connectivity index (χ1n) is 6.58.